The van der Waals surface area contributed by atoms with E-state index in [1.54, 1.807) is 0 Å². The molecular formula is C15H19NO3. The number of aromatic nitrogens is 1. The average molecular weight is 261 g/mol. The molecule has 19 heavy (non-hydrogen) atoms. The number of hydrogen-bond donors (Lipinski definition) is 1. The van der Waals surface area contributed by atoms with E-state index < -0.39 is 5.97 Å². The first-order valence-electron chi connectivity index (χ1n) is 6.48. The fraction of sp³-hybridized carbons (Fsp3) is 0.400. The predicted octanol–water partition coefficient (Wildman–Crippen LogP) is 3.12. The summed E-state index contributed by atoms with van der Waals surface area (Å²) < 4.78 is 7.76. The van der Waals surface area contributed by atoms with Crippen LogP contribution in [0.3, 0.4) is 0 Å². The Kier molecular flexibility index (Phi) is 4.10. The molecule has 0 aliphatic heterocycles. The van der Waals surface area contributed by atoms with Crippen LogP contribution in [-0.2, 0) is 11.8 Å². The van der Waals surface area contributed by atoms with Gasteiger partial charge in [0.1, 0.15) is 5.75 Å². The van der Waals surface area contributed by atoms with E-state index in [4.69, 9.17) is 9.84 Å². The Hall–Kier alpha value is -1.97. The van der Waals surface area contributed by atoms with Crippen LogP contribution in [0.25, 0.3) is 10.9 Å². The van der Waals surface area contributed by atoms with Gasteiger partial charge in [-0.2, -0.15) is 0 Å². The van der Waals surface area contributed by atoms with Crippen LogP contribution in [-0.4, -0.2) is 22.2 Å². The van der Waals surface area contributed by atoms with Gasteiger partial charge < -0.3 is 14.4 Å². The zero-order chi connectivity index (χ0) is 13.8. The summed E-state index contributed by atoms with van der Waals surface area (Å²) in [5.41, 5.74) is 2.42. The van der Waals surface area contributed by atoms with Crippen molar-refractivity contribution < 1.29 is 14.6 Å². The van der Waals surface area contributed by atoms with Crippen LogP contribution in [0, 0.1) is 6.92 Å². The van der Waals surface area contributed by atoms with Crippen LogP contribution in [0.1, 0.15) is 24.8 Å². The molecule has 2 rings (SSSR count). The highest BCUT2D eigenvalue weighted by molar-refractivity contribution is 5.85. The molecule has 0 spiro atoms. The molecule has 0 bridgehead atoms. The van der Waals surface area contributed by atoms with Gasteiger partial charge in [-0.1, -0.05) is 0 Å². The van der Waals surface area contributed by atoms with Gasteiger partial charge in [-0.05, 0) is 43.5 Å². The molecule has 0 fully saturated rings. The molecular weight excluding hydrogens is 242 g/mol. The summed E-state index contributed by atoms with van der Waals surface area (Å²) in [7, 11) is 2.03. The third kappa shape index (κ3) is 3.28. The molecule has 1 aromatic carbocycles. The van der Waals surface area contributed by atoms with Crippen LogP contribution >= 0.6 is 0 Å². The molecule has 102 valence electrons. The summed E-state index contributed by atoms with van der Waals surface area (Å²) in [6.07, 6.45) is 3.72. The van der Waals surface area contributed by atoms with Crippen LogP contribution in [0.5, 0.6) is 5.75 Å². The molecule has 0 atom stereocenters. The first-order chi connectivity index (χ1) is 9.08. The molecule has 0 aliphatic rings. The van der Waals surface area contributed by atoms with Crippen molar-refractivity contribution in [3.05, 3.63) is 30.0 Å². The van der Waals surface area contributed by atoms with Crippen molar-refractivity contribution in [2.75, 3.05) is 6.61 Å². The Morgan fingerprint density at radius 2 is 2.16 bits per heavy atom. The minimum absolute atomic E-state index is 0.209. The Morgan fingerprint density at radius 1 is 1.37 bits per heavy atom. The van der Waals surface area contributed by atoms with E-state index in [1.807, 2.05) is 19.2 Å². The minimum atomic E-state index is -0.749. The molecule has 0 amide bonds. The number of unbranched alkanes of at least 4 members (excludes halogenated alkanes) is 1. The molecule has 0 radical (unpaired) electrons. The van der Waals surface area contributed by atoms with Gasteiger partial charge in [-0.3, -0.25) is 4.79 Å². The monoisotopic (exact) mass is 261 g/mol. The van der Waals surface area contributed by atoms with Gasteiger partial charge in [0.2, 0.25) is 0 Å². The molecule has 0 saturated carbocycles. The standard InChI is InChI=1S/C15H19NO3/c1-11-10-16(2)14-7-6-12(9-13(11)14)19-8-4-3-5-15(17)18/h6-7,9-10H,3-5,8H2,1-2H3,(H,17,18). The summed E-state index contributed by atoms with van der Waals surface area (Å²) in [5.74, 6) is 0.0958. The lowest BCUT2D eigenvalue weighted by molar-refractivity contribution is -0.137. The van der Waals surface area contributed by atoms with E-state index in [0.29, 0.717) is 13.0 Å². The van der Waals surface area contributed by atoms with Crippen molar-refractivity contribution in [3.8, 4) is 5.75 Å². The SMILES string of the molecule is Cc1cn(C)c2ccc(OCCCCC(=O)O)cc12. The van der Waals surface area contributed by atoms with Gasteiger partial charge in [0.05, 0.1) is 6.61 Å². The number of carboxylic acids is 1. The third-order valence-electron chi connectivity index (χ3n) is 3.21. The Balaban J connectivity index is 1.94. The van der Waals surface area contributed by atoms with Gasteiger partial charge in [0.25, 0.3) is 0 Å². The second-order valence-electron chi connectivity index (χ2n) is 4.80. The quantitative estimate of drug-likeness (QED) is 0.813. The number of nitrogens with zero attached hydrogens (tertiary/aromatic N) is 1. The summed E-state index contributed by atoms with van der Waals surface area (Å²) in [6, 6.07) is 6.05. The average Bonchev–Trinajstić information content (AvgIpc) is 2.64. The maximum Gasteiger partial charge on any atom is 0.303 e. The Labute approximate surface area is 112 Å². The second-order valence-corrected chi connectivity index (χ2v) is 4.80. The van der Waals surface area contributed by atoms with Crippen LogP contribution in [0.15, 0.2) is 24.4 Å². The molecule has 4 heteroatoms. The fourth-order valence-corrected chi connectivity index (χ4v) is 2.23. The summed E-state index contributed by atoms with van der Waals surface area (Å²) >= 11 is 0. The lowest BCUT2D eigenvalue weighted by Gasteiger charge is -2.06. The molecule has 4 nitrogen and oxygen atoms in total. The number of carbonyl (C=O) groups is 1. The van der Waals surface area contributed by atoms with E-state index in [1.165, 1.54) is 16.5 Å². The summed E-state index contributed by atoms with van der Waals surface area (Å²) in [5, 5.41) is 9.74. The highest BCUT2D eigenvalue weighted by Crippen LogP contribution is 2.25. The minimum Gasteiger partial charge on any atom is -0.494 e. The first kappa shape index (κ1) is 13.5. The molecule has 0 saturated heterocycles. The third-order valence-corrected chi connectivity index (χ3v) is 3.21. The van der Waals surface area contributed by atoms with Crippen molar-refractivity contribution in [1.82, 2.24) is 4.57 Å². The summed E-state index contributed by atoms with van der Waals surface area (Å²) in [4.78, 5) is 10.4. The number of ether oxygens (including phenoxy) is 1. The molecule has 0 unspecified atom stereocenters. The Morgan fingerprint density at radius 3 is 2.89 bits per heavy atom. The Bertz CT molecular complexity index is 586. The van der Waals surface area contributed by atoms with E-state index in [2.05, 4.69) is 23.8 Å². The highest BCUT2D eigenvalue weighted by atomic mass is 16.5. The molecule has 0 aliphatic carbocycles. The van der Waals surface area contributed by atoms with Crippen LogP contribution in [0.2, 0.25) is 0 Å². The van der Waals surface area contributed by atoms with E-state index in [9.17, 15) is 4.79 Å². The summed E-state index contributed by atoms with van der Waals surface area (Å²) in [6.45, 7) is 2.64. The number of carboxylic acid groups (broad SMARTS) is 1. The number of hydrogen-bond acceptors (Lipinski definition) is 2. The lowest BCUT2D eigenvalue weighted by atomic mass is 10.2. The van der Waals surface area contributed by atoms with Crippen LogP contribution in [0.4, 0.5) is 0 Å². The van der Waals surface area contributed by atoms with Gasteiger partial charge in [-0.15, -0.1) is 0 Å². The maximum absolute atomic E-state index is 10.4. The number of benzene rings is 1. The zero-order valence-corrected chi connectivity index (χ0v) is 11.3. The first-order valence-corrected chi connectivity index (χ1v) is 6.48. The molecule has 1 aromatic heterocycles. The van der Waals surface area contributed by atoms with Crippen molar-refractivity contribution >= 4 is 16.9 Å². The van der Waals surface area contributed by atoms with Gasteiger partial charge in [-0.25, -0.2) is 0 Å². The van der Waals surface area contributed by atoms with E-state index in [0.717, 1.165) is 12.2 Å². The molecule has 1 heterocycles. The fourth-order valence-electron chi connectivity index (χ4n) is 2.23. The van der Waals surface area contributed by atoms with E-state index >= 15 is 0 Å². The topological polar surface area (TPSA) is 51.5 Å². The lowest BCUT2D eigenvalue weighted by Crippen LogP contribution is -2.00. The number of aryl methyl sites for hydroxylation is 2. The maximum atomic E-state index is 10.4. The number of fused-ring (bicyclic) bond motifs is 1. The zero-order valence-electron chi connectivity index (χ0n) is 11.3. The van der Waals surface area contributed by atoms with Crippen molar-refractivity contribution in [3.63, 3.8) is 0 Å². The number of aliphatic carboxylic acids is 1. The van der Waals surface area contributed by atoms with Crippen LogP contribution < -0.4 is 4.74 Å². The van der Waals surface area contributed by atoms with Gasteiger partial charge in [0, 0.05) is 30.6 Å². The highest BCUT2D eigenvalue weighted by Gasteiger charge is 2.04. The van der Waals surface area contributed by atoms with Gasteiger partial charge >= 0.3 is 5.97 Å². The molecule has 1 N–H and O–H groups in total. The largest absolute Gasteiger partial charge is 0.494 e. The van der Waals surface area contributed by atoms with E-state index in [-0.39, 0.29) is 6.42 Å². The predicted molar refractivity (Wildman–Crippen MR) is 74.6 cm³/mol. The van der Waals surface area contributed by atoms with Gasteiger partial charge in [0.15, 0.2) is 0 Å². The van der Waals surface area contributed by atoms with Crippen molar-refractivity contribution in [2.24, 2.45) is 7.05 Å². The van der Waals surface area contributed by atoms with Crippen molar-refractivity contribution in [2.45, 2.75) is 26.2 Å². The normalized spacial score (nSPS) is 10.8. The smallest absolute Gasteiger partial charge is 0.303 e. The van der Waals surface area contributed by atoms with Crippen molar-refractivity contribution in [1.29, 1.82) is 0 Å². The second kappa shape index (κ2) is 5.78. The molecule has 2 aromatic rings. The number of rotatable bonds is 6.